The summed E-state index contributed by atoms with van der Waals surface area (Å²) in [4.78, 5) is 0. The van der Waals surface area contributed by atoms with E-state index in [0.717, 1.165) is 0 Å². The number of nitrogens with two attached hydrogens (primary N) is 1. The average Bonchev–Trinajstić information content (AvgIpc) is 2.09. The molecule has 0 spiro atoms. The molecule has 0 radical (unpaired) electrons. The number of methoxy groups -OCH3 is 1. The van der Waals surface area contributed by atoms with Crippen molar-refractivity contribution in [3.05, 3.63) is 12.7 Å². The number of hydrogen-bond acceptors (Lipinski definition) is 3. The summed E-state index contributed by atoms with van der Waals surface area (Å²) in [7, 11) is -1.93. The molecule has 5 heteroatoms. The van der Waals surface area contributed by atoms with Crippen molar-refractivity contribution < 1.29 is 13.2 Å². The normalized spacial score (nSPS) is 16.2. The molecule has 0 aliphatic carbocycles. The maximum Gasteiger partial charge on any atom is 0.212 e. The maximum atomic E-state index is 11.2. The van der Waals surface area contributed by atoms with Crippen molar-refractivity contribution in [2.45, 2.75) is 25.0 Å². The van der Waals surface area contributed by atoms with Gasteiger partial charge in [0.05, 0.1) is 5.25 Å². The molecule has 0 heterocycles. The number of rotatable bonds is 7. The van der Waals surface area contributed by atoms with Crippen LogP contribution in [0.1, 0.15) is 19.8 Å². The highest BCUT2D eigenvalue weighted by Gasteiger charge is 2.22. The van der Waals surface area contributed by atoms with Crippen molar-refractivity contribution in [1.29, 1.82) is 0 Å². The third kappa shape index (κ3) is 5.36. The van der Waals surface area contributed by atoms with Crippen molar-refractivity contribution in [2.24, 2.45) is 11.1 Å². The molecule has 2 N–H and O–H groups in total. The summed E-state index contributed by atoms with van der Waals surface area (Å²) < 4.78 is 27.2. The van der Waals surface area contributed by atoms with Gasteiger partial charge in [-0.25, -0.2) is 13.6 Å². The van der Waals surface area contributed by atoms with Gasteiger partial charge in [-0.15, -0.1) is 6.58 Å². The molecule has 0 aliphatic heterocycles. The van der Waals surface area contributed by atoms with E-state index in [1.165, 1.54) is 7.11 Å². The fourth-order valence-corrected chi connectivity index (χ4v) is 2.17. The summed E-state index contributed by atoms with van der Waals surface area (Å²) >= 11 is 0. The summed E-state index contributed by atoms with van der Waals surface area (Å²) in [5, 5.41) is 4.57. The first-order chi connectivity index (χ1) is 6.41. The van der Waals surface area contributed by atoms with Gasteiger partial charge in [0.25, 0.3) is 0 Å². The Labute approximate surface area is 86.2 Å². The van der Waals surface area contributed by atoms with Crippen molar-refractivity contribution in [2.75, 3.05) is 13.7 Å². The lowest BCUT2D eigenvalue weighted by Crippen LogP contribution is -2.31. The van der Waals surface area contributed by atoms with E-state index in [4.69, 9.17) is 9.88 Å². The van der Waals surface area contributed by atoms with Gasteiger partial charge in [-0.05, 0) is 18.8 Å². The van der Waals surface area contributed by atoms with E-state index in [2.05, 4.69) is 6.58 Å². The number of sulfonamides is 1. The lowest BCUT2D eigenvalue weighted by Gasteiger charge is -2.16. The van der Waals surface area contributed by atoms with E-state index in [-0.39, 0.29) is 5.92 Å². The Morgan fingerprint density at radius 3 is 2.50 bits per heavy atom. The van der Waals surface area contributed by atoms with Gasteiger partial charge in [0, 0.05) is 13.7 Å². The van der Waals surface area contributed by atoms with E-state index in [1.54, 1.807) is 6.08 Å². The molecule has 0 aliphatic rings. The van der Waals surface area contributed by atoms with E-state index < -0.39 is 15.3 Å². The lowest BCUT2D eigenvalue weighted by atomic mass is 10.0. The fraction of sp³-hybridized carbons (Fsp3) is 0.778. The lowest BCUT2D eigenvalue weighted by molar-refractivity contribution is 0.191. The number of hydrogen-bond donors (Lipinski definition) is 1. The Balaban J connectivity index is 4.33. The van der Waals surface area contributed by atoms with Crippen LogP contribution in [0.3, 0.4) is 0 Å². The molecule has 0 saturated carbocycles. The highest BCUT2D eigenvalue weighted by atomic mass is 32.2. The van der Waals surface area contributed by atoms with Crippen LogP contribution in [0.5, 0.6) is 0 Å². The topological polar surface area (TPSA) is 69.4 Å². The first-order valence-electron chi connectivity index (χ1n) is 4.55. The molecule has 0 amide bonds. The average molecular weight is 221 g/mol. The standard InChI is InChI=1S/C9H19NO3S/c1-4-8(2)7-9(5-6-13-3)14(10,11)12/h4,8-9H,1,5-7H2,2-3H3,(H2,10,11,12)/t8-,9+/m1/s1. The van der Waals surface area contributed by atoms with Crippen LogP contribution in [0.4, 0.5) is 0 Å². The van der Waals surface area contributed by atoms with Crippen LogP contribution in [-0.2, 0) is 14.8 Å². The summed E-state index contributed by atoms with van der Waals surface area (Å²) in [6.07, 6.45) is 2.67. The first kappa shape index (κ1) is 13.6. The molecule has 0 rings (SSSR count). The molecular weight excluding hydrogens is 202 g/mol. The minimum Gasteiger partial charge on any atom is -0.385 e. The summed E-state index contributed by atoms with van der Waals surface area (Å²) in [5.41, 5.74) is 0. The predicted molar refractivity (Wildman–Crippen MR) is 57.4 cm³/mol. The first-order valence-corrected chi connectivity index (χ1v) is 6.15. The molecule has 0 saturated heterocycles. The zero-order valence-electron chi connectivity index (χ0n) is 8.77. The molecule has 0 fully saturated rings. The number of ether oxygens (including phenoxy) is 1. The molecule has 0 bridgehead atoms. The van der Waals surface area contributed by atoms with Crippen molar-refractivity contribution in [3.63, 3.8) is 0 Å². The minimum atomic E-state index is -3.47. The van der Waals surface area contributed by atoms with Crippen LogP contribution in [0.15, 0.2) is 12.7 Å². The van der Waals surface area contributed by atoms with Crippen LogP contribution in [0.2, 0.25) is 0 Å². The molecule has 0 aromatic rings. The Bertz CT molecular complexity index is 261. The van der Waals surface area contributed by atoms with Crippen molar-refractivity contribution in [3.8, 4) is 0 Å². The highest BCUT2D eigenvalue weighted by molar-refractivity contribution is 7.89. The van der Waals surface area contributed by atoms with Gasteiger partial charge >= 0.3 is 0 Å². The molecule has 2 atom stereocenters. The van der Waals surface area contributed by atoms with Crippen LogP contribution < -0.4 is 5.14 Å². The summed E-state index contributed by atoms with van der Waals surface area (Å²) in [5.74, 6) is 0.148. The zero-order chi connectivity index (χ0) is 11.2. The van der Waals surface area contributed by atoms with Gasteiger partial charge in [0.15, 0.2) is 0 Å². The largest absolute Gasteiger partial charge is 0.385 e. The maximum absolute atomic E-state index is 11.2. The SMILES string of the molecule is C=C[C@@H](C)C[C@H](CCOC)S(N)(=O)=O. The van der Waals surface area contributed by atoms with Gasteiger partial charge in [0.2, 0.25) is 10.0 Å². The second kappa shape index (κ2) is 6.16. The number of allylic oxidation sites excluding steroid dienone is 1. The second-order valence-electron chi connectivity index (χ2n) is 3.44. The predicted octanol–water partition coefficient (Wildman–Crippen LogP) is 0.892. The Morgan fingerprint density at radius 1 is 1.57 bits per heavy atom. The zero-order valence-corrected chi connectivity index (χ0v) is 9.59. The number of primary sulfonamides is 1. The summed E-state index contributed by atoms with van der Waals surface area (Å²) in [6.45, 7) is 5.93. The third-order valence-corrected chi connectivity index (χ3v) is 3.50. The summed E-state index contributed by atoms with van der Waals surface area (Å²) in [6, 6.07) is 0. The van der Waals surface area contributed by atoms with Gasteiger partial charge in [-0.2, -0.15) is 0 Å². The Hall–Kier alpha value is -0.390. The van der Waals surface area contributed by atoms with E-state index in [1.807, 2.05) is 6.92 Å². The Morgan fingerprint density at radius 2 is 2.14 bits per heavy atom. The third-order valence-electron chi connectivity index (χ3n) is 2.15. The van der Waals surface area contributed by atoms with E-state index in [0.29, 0.717) is 19.4 Å². The second-order valence-corrected chi connectivity index (χ2v) is 5.29. The van der Waals surface area contributed by atoms with E-state index >= 15 is 0 Å². The van der Waals surface area contributed by atoms with E-state index in [9.17, 15) is 8.42 Å². The molecule has 0 unspecified atom stereocenters. The highest BCUT2D eigenvalue weighted by Crippen LogP contribution is 2.15. The smallest absolute Gasteiger partial charge is 0.212 e. The van der Waals surface area contributed by atoms with Crippen molar-refractivity contribution in [1.82, 2.24) is 0 Å². The van der Waals surface area contributed by atoms with Crippen LogP contribution in [0, 0.1) is 5.92 Å². The molecular formula is C9H19NO3S. The van der Waals surface area contributed by atoms with Gasteiger partial charge < -0.3 is 4.74 Å². The molecule has 14 heavy (non-hydrogen) atoms. The van der Waals surface area contributed by atoms with Crippen molar-refractivity contribution >= 4 is 10.0 Å². The van der Waals surface area contributed by atoms with Crippen LogP contribution in [0.25, 0.3) is 0 Å². The Kier molecular flexibility index (Phi) is 5.99. The molecule has 84 valence electrons. The monoisotopic (exact) mass is 221 g/mol. The fourth-order valence-electron chi connectivity index (χ4n) is 1.18. The van der Waals surface area contributed by atoms with Crippen LogP contribution in [-0.4, -0.2) is 27.4 Å². The molecule has 0 aromatic carbocycles. The molecule has 4 nitrogen and oxygen atoms in total. The minimum absolute atomic E-state index is 0.148. The van der Waals surface area contributed by atoms with Gasteiger partial charge in [-0.3, -0.25) is 0 Å². The molecule has 0 aromatic heterocycles. The van der Waals surface area contributed by atoms with Gasteiger partial charge in [-0.1, -0.05) is 13.0 Å². The quantitative estimate of drug-likeness (QED) is 0.649. The van der Waals surface area contributed by atoms with Gasteiger partial charge in [0.1, 0.15) is 0 Å². The van der Waals surface area contributed by atoms with Crippen LogP contribution >= 0.6 is 0 Å².